The zero-order valence-electron chi connectivity index (χ0n) is 11.5. The van der Waals surface area contributed by atoms with Crippen molar-refractivity contribution in [1.29, 1.82) is 0 Å². The van der Waals surface area contributed by atoms with Crippen molar-refractivity contribution in [1.82, 2.24) is 0 Å². The van der Waals surface area contributed by atoms with Gasteiger partial charge in [-0.15, -0.1) is 0 Å². The van der Waals surface area contributed by atoms with Crippen molar-refractivity contribution in [3.8, 4) is 0 Å². The summed E-state index contributed by atoms with van der Waals surface area (Å²) in [5.74, 6) is -0.373. The van der Waals surface area contributed by atoms with E-state index in [1.807, 2.05) is 0 Å². The molecular formula is C13H15ClN2O5. The molecule has 1 aromatic carbocycles. The van der Waals surface area contributed by atoms with Crippen molar-refractivity contribution in [2.45, 2.75) is 12.5 Å². The number of ether oxygens (including phenoxy) is 2. The van der Waals surface area contributed by atoms with Gasteiger partial charge in [-0.25, -0.2) is 0 Å². The molecule has 0 radical (unpaired) electrons. The maximum absolute atomic E-state index is 11.3. The molecule has 2 rings (SSSR count). The van der Waals surface area contributed by atoms with E-state index >= 15 is 0 Å². The lowest BCUT2D eigenvalue weighted by atomic mass is 10.1. The number of benzene rings is 1. The van der Waals surface area contributed by atoms with Gasteiger partial charge in [0.25, 0.3) is 5.69 Å². The van der Waals surface area contributed by atoms with E-state index in [4.69, 9.17) is 16.3 Å². The molecule has 0 aromatic heterocycles. The number of morpholine rings is 1. The zero-order valence-corrected chi connectivity index (χ0v) is 12.2. The summed E-state index contributed by atoms with van der Waals surface area (Å²) in [6, 6.07) is 4.41. The van der Waals surface area contributed by atoms with E-state index < -0.39 is 4.92 Å². The molecule has 0 aliphatic carbocycles. The molecule has 0 N–H and O–H groups in total. The van der Waals surface area contributed by atoms with Gasteiger partial charge in [0.05, 0.1) is 31.2 Å². The summed E-state index contributed by atoms with van der Waals surface area (Å²) in [5.41, 5.74) is 0.420. The minimum absolute atomic E-state index is 0.0156. The molecule has 0 bridgehead atoms. The predicted molar refractivity (Wildman–Crippen MR) is 76.7 cm³/mol. The molecular weight excluding hydrogens is 300 g/mol. The topological polar surface area (TPSA) is 81.9 Å². The Bertz CT molecular complexity index is 551. The van der Waals surface area contributed by atoms with Gasteiger partial charge in [-0.05, 0) is 12.1 Å². The molecule has 7 nitrogen and oxygen atoms in total. The van der Waals surface area contributed by atoms with E-state index in [0.29, 0.717) is 30.4 Å². The molecule has 1 aliphatic heterocycles. The van der Waals surface area contributed by atoms with Gasteiger partial charge in [0.15, 0.2) is 0 Å². The van der Waals surface area contributed by atoms with Gasteiger partial charge in [0, 0.05) is 24.2 Å². The maximum atomic E-state index is 11.3. The third-order valence-corrected chi connectivity index (χ3v) is 3.47. The summed E-state index contributed by atoms with van der Waals surface area (Å²) in [5, 5.41) is 11.5. The van der Waals surface area contributed by atoms with E-state index in [1.165, 1.54) is 19.2 Å². The monoisotopic (exact) mass is 314 g/mol. The Hall–Kier alpha value is -1.86. The summed E-state index contributed by atoms with van der Waals surface area (Å²) in [7, 11) is 1.31. The van der Waals surface area contributed by atoms with E-state index in [9.17, 15) is 14.9 Å². The minimum Gasteiger partial charge on any atom is -0.469 e. The molecule has 0 spiro atoms. The molecule has 1 aromatic rings. The number of methoxy groups -OCH3 is 1. The third kappa shape index (κ3) is 3.83. The fraction of sp³-hybridized carbons (Fsp3) is 0.462. The van der Waals surface area contributed by atoms with Gasteiger partial charge in [0.2, 0.25) is 0 Å². The van der Waals surface area contributed by atoms with Crippen LogP contribution in [0.15, 0.2) is 18.2 Å². The first kappa shape index (κ1) is 15.5. The summed E-state index contributed by atoms with van der Waals surface area (Å²) >= 11 is 5.93. The number of carbonyl (C=O) groups is 1. The maximum Gasteiger partial charge on any atom is 0.308 e. The first-order valence-electron chi connectivity index (χ1n) is 6.38. The Morgan fingerprint density at radius 1 is 1.62 bits per heavy atom. The van der Waals surface area contributed by atoms with Crippen molar-refractivity contribution < 1.29 is 19.2 Å². The second kappa shape index (κ2) is 6.73. The van der Waals surface area contributed by atoms with Crippen LogP contribution in [-0.2, 0) is 14.3 Å². The molecule has 1 saturated heterocycles. The summed E-state index contributed by atoms with van der Waals surface area (Å²) < 4.78 is 10.1. The van der Waals surface area contributed by atoms with Crippen LogP contribution in [0.1, 0.15) is 6.42 Å². The van der Waals surface area contributed by atoms with E-state index in [-0.39, 0.29) is 24.2 Å². The van der Waals surface area contributed by atoms with E-state index in [0.717, 1.165) is 0 Å². The van der Waals surface area contributed by atoms with Crippen LogP contribution >= 0.6 is 11.6 Å². The molecule has 0 amide bonds. The average molecular weight is 315 g/mol. The van der Waals surface area contributed by atoms with Gasteiger partial charge in [-0.1, -0.05) is 11.6 Å². The highest BCUT2D eigenvalue weighted by molar-refractivity contribution is 6.31. The largest absolute Gasteiger partial charge is 0.469 e. The molecule has 21 heavy (non-hydrogen) atoms. The Morgan fingerprint density at radius 3 is 3.05 bits per heavy atom. The van der Waals surface area contributed by atoms with E-state index in [1.54, 1.807) is 11.0 Å². The molecule has 0 saturated carbocycles. The number of anilines is 1. The van der Waals surface area contributed by atoms with Crippen LogP contribution < -0.4 is 4.90 Å². The van der Waals surface area contributed by atoms with Crippen molar-refractivity contribution in [2.24, 2.45) is 0 Å². The second-order valence-electron chi connectivity index (χ2n) is 4.61. The fourth-order valence-corrected chi connectivity index (χ4v) is 2.40. The normalized spacial score (nSPS) is 18.4. The van der Waals surface area contributed by atoms with Gasteiger partial charge in [-0.2, -0.15) is 0 Å². The van der Waals surface area contributed by atoms with Crippen LogP contribution in [0.5, 0.6) is 0 Å². The van der Waals surface area contributed by atoms with Crippen LogP contribution in [0, 0.1) is 10.1 Å². The molecule has 1 fully saturated rings. The van der Waals surface area contributed by atoms with Crippen LogP contribution in [0.4, 0.5) is 11.4 Å². The highest BCUT2D eigenvalue weighted by Gasteiger charge is 2.27. The molecule has 114 valence electrons. The smallest absolute Gasteiger partial charge is 0.308 e. The number of rotatable bonds is 4. The predicted octanol–water partition coefficient (Wildman–Crippen LogP) is 2.02. The zero-order chi connectivity index (χ0) is 15.4. The second-order valence-corrected chi connectivity index (χ2v) is 5.05. The summed E-state index contributed by atoms with van der Waals surface area (Å²) in [6.07, 6.45) is -0.244. The number of hydrogen-bond donors (Lipinski definition) is 0. The number of nitrogens with zero attached hydrogens (tertiary/aromatic N) is 2. The number of nitro benzene ring substituents is 1. The Kier molecular flexibility index (Phi) is 4.98. The molecule has 1 unspecified atom stereocenters. The molecule has 1 aliphatic rings. The number of esters is 1. The highest BCUT2D eigenvalue weighted by Crippen LogP contribution is 2.32. The first-order valence-corrected chi connectivity index (χ1v) is 6.76. The number of halogens is 1. The van der Waals surface area contributed by atoms with Crippen LogP contribution in [0.2, 0.25) is 5.02 Å². The highest BCUT2D eigenvalue weighted by atomic mass is 35.5. The number of hydrogen-bond acceptors (Lipinski definition) is 6. The Balaban J connectivity index is 2.19. The Morgan fingerprint density at radius 2 is 2.38 bits per heavy atom. The van der Waals surface area contributed by atoms with Gasteiger partial charge >= 0.3 is 5.97 Å². The van der Waals surface area contributed by atoms with Gasteiger partial charge in [-0.3, -0.25) is 14.9 Å². The van der Waals surface area contributed by atoms with Crippen molar-refractivity contribution in [3.63, 3.8) is 0 Å². The van der Waals surface area contributed by atoms with Crippen LogP contribution in [-0.4, -0.2) is 43.8 Å². The Labute approximate surface area is 126 Å². The third-order valence-electron chi connectivity index (χ3n) is 3.24. The fourth-order valence-electron chi connectivity index (χ4n) is 2.24. The van der Waals surface area contributed by atoms with Crippen LogP contribution in [0.25, 0.3) is 0 Å². The number of nitro groups is 1. The molecule has 8 heteroatoms. The van der Waals surface area contributed by atoms with Crippen molar-refractivity contribution >= 4 is 28.9 Å². The van der Waals surface area contributed by atoms with Gasteiger partial charge in [0.1, 0.15) is 5.69 Å². The minimum atomic E-state index is -0.448. The summed E-state index contributed by atoms with van der Waals surface area (Å²) in [4.78, 5) is 23.8. The SMILES string of the molecule is COC(=O)CC1CN(c2cc(Cl)ccc2[N+](=O)[O-])CCO1. The lowest BCUT2D eigenvalue weighted by molar-refractivity contribution is -0.384. The van der Waals surface area contributed by atoms with Crippen LogP contribution in [0.3, 0.4) is 0 Å². The van der Waals surface area contributed by atoms with Crippen molar-refractivity contribution in [2.75, 3.05) is 31.7 Å². The van der Waals surface area contributed by atoms with Gasteiger partial charge < -0.3 is 14.4 Å². The first-order chi connectivity index (χ1) is 10.0. The number of carbonyl (C=O) groups excluding carboxylic acids is 1. The average Bonchev–Trinajstić information content (AvgIpc) is 2.47. The quantitative estimate of drug-likeness (QED) is 0.480. The standard InChI is InChI=1S/C13H15ClN2O5/c1-20-13(17)7-10-8-15(4-5-21-10)12-6-9(14)2-3-11(12)16(18)19/h2-3,6,10H,4-5,7-8H2,1H3. The summed E-state index contributed by atoms with van der Waals surface area (Å²) in [6.45, 7) is 1.25. The molecule has 1 atom stereocenters. The lowest BCUT2D eigenvalue weighted by Gasteiger charge is -2.33. The lowest BCUT2D eigenvalue weighted by Crippen LogP contribution is -2.43. The molecule has 1 heterocycles. The van der Waals surface area contributed by atoms with Crippen molar-refractivity contribution in [3.05, 3.63) is 33.3 Å². The van der Waals surface area contributed by atoms with E-state index in [2.05, 4.69) is 4.74 Å².